The fourth-order valence-corrected chi connectivity index (χ4v) is 4.82. The number of nitrogens with two attached hydrogens (primary N) is 1. The van der Waals surface area contributed by atoms with Gasteiger partial charge in [0.15, 0.2) is 0 Å². The molecule has 3 N–H and O–H groups in total. The van der Waals surface area contributed by atoms with Crippen molar-refractivity contribution in [3.63, 3.8) is 0 Å². The normalized spacial score (nSPS) is 20.3. The molecule has 0 aliphatic carbocycles. The van der Waals surface area contributed by atoms with E-state index >= 15 is 0 Å². The van der Waals surface area contributed by atoms with Crippen LogP contribution in [0.1, 0.15) is 39.2 Å². The molecule has 1 aromatic carbocycles. The maximum atomic E-state index is 13.6. The third kappa shape index (κ3) is 6.30. The highest BCUT2D eigenvalue weighted by Crippen LogP contribution is 2.33. The number of ether oxygens (including phenoxy) is 1. The van der Waals surface area contributed by atoms with Crippen molar-refractivity contribution < 1.29 is 23.9 Å². The van der Waals surface area contributed by atoms with Crippen LogP contribution in [0.3, 0.4) is 0 Å². The van der Waals surface area contributed by atoms with Gasteiger partial charge in [0.25, 0.3) is 0 Å². The van der Waals surface area contributed by atoms with E-state index in [-0.39, 0.29) is 43.6 Å². The molecule has 0 spiro atoms. The number of likely N-dealkylation sites (N-methyl/N-ethyl adjacent to an activating group) is 1. The summed E-state index contributed by atoms with van der Waals surface area (Å²) < 4.78 is 5.27. The Balaban J connectivity index is 1.58. The summed E-state index contributed by atoms with van der Waals surface area (Å²) in [6.45, 7) is 6.60. The van der Waals surface area contributed by atoms with Crippen molar-refractivity contribution in [3.05, 3.63) is 35.9 Å². The maximum absolute atomic E-state index is 13.6. The average molecular weight is 488 g/mol. The van der Waals surface area contributed by atoms with Crippen molar-refractivity contribution in [1.29, 1.82) is 0 Å². The molecule has 0 aromatic heterocycles. The Kier molecular flexibility index (Phi) is 8.37. The summed E-state index contributed by atoms with van der Waals surface area (Å²) in [6.07, 6.45) is 0.770. The number of hydrogen-bond acceptors (Lipinski definition) is 6. The summed E-state index contributed by atoms with van der Waals surface area (Å²) in [6, 6.07) is 8.39. The Labute approximate surface area is 206 Å². The second-order valence-electron chi connectivity index (χ2n) is 10.3. The highest BCUT2D eigenvalue weighted by Gasteiger charge is 2.48. The third-order valence-corrected chi connectivity index (χ3v) is 6.67. The predicted octanol–water partition coefficient (Wildman–Crippen LogP) is 0.946. The molecule has 2 aliphatic rings. The first kappa shape index (κ1) is 26.5. The molecular weight excluding hydrogens is 450 g/mol. The van der Waals surface area contributed by atoms with Crippen molar-refractivity contribution in [2.75, 3.05) is 33.2 Å². The summed E-state index contributed by atoms with van der Waals surface area (Å²) in [7, 11) is 1.48. The topological polar surface area (TPSA) is 125 Å². The molecule has 2 heterocycles. The van der Waals surface area contributed by atoms with Crippen LogP contribution in [0.15, 0.2) is 30.3 Å². The van der Waals surface area contributed by atoms with Crippen LogP contribution in [-0.2, 0) is 25.7 Å². The quantitative estimate of drug-likeness (QED) is 0.590. The summed E-state index contributed by atoms with van der Waals surface area (Å²) >= 11 is 0. The fourth-order valence-electron chi connectivity index (χ4n) is 4.82. The van der Waals surface area contributed by atoms with E-state index in [9.17, 15) is 19.2 Å². The van der Waals surface area contributed by atoms with Gasteiger partial charge in [0, 0.05) is 20.1 Å². The third-order valence-electron chi connectivity index (χ3n) is 6.67. The van der Waals surface area contributed by atoms with Crippen LogP contribution in [0.4, 0.5) is 4.79 Å². The van der Waals surface area contributed by atoms with E-state index in [0.717, 1.165) is 5.56 Å². The van der Waals surface area contributed by atoms with E-state index in [1.807, 2.05) is 51.1 Å². The fraction of sp³-hybridized carbons (Fsp3) is 0.600. The molecule has 2 fully saturated rings. The van der Waals surface area contributed by atoms with Crippen molar-refractivity contribution >= 4 is 23.8 Å². The van der Waals surface area contributed by atoms with Crippen LogP contribution >= 0.6 is 0 Å². The minimum atomic E-state index is -0.776. The Morgan fingerprint density at radius 3 is 2.29 bits per heavy atom. The number of benzene rings is 1. The summed E-state index contributed by atoms with van der Waals surface area (Å²) in [5.74, 6) is -0.719. The molecule has 192 valence electrons. The van der Waals surface area contributed by atoms with Gasteiger partial charge in [0.05, 0.1) is 18.6 Å². The molecule has 1 aromatic rings. The lowest BCUT2D eigenvalue weighted by Crippen LogP contribution is -2.57. The second-order valence-corrected chi connectivity index (χ2v) is 10.3. The van der Waals surface area contributed by atoms with Crippen molar-refractivity contribution in [2.45, 2.75) is 58.3 Å². The van der Waals surface area contributed by atoms with E-state index < -0.39 is 23.5 Å². The predicted molar refractivity (Wildman–Crippen MR) is 130 cm³/mol. The van der Waals surface area contributed by atoms with Crippen LogP contribution in [0.5, 0.6) is 0 Å². The van der Waals surface area contributed by atoms with Crippen LogP contribution in [-0.4, -0.2) is 89.9 Å². The lowest BCUT2D eigenvalue weighted by Gasteiger charge is -2.35. The van der Waals surface area contributed by atoms with Crippen molar-refractivity contribution in [1.82, 2.24) is 20.0 Å². The van der Waals surface area contributed by atoms with Crippen LogP contribution in [0.25, 0.3) is 0 Å². The number of amides is 4. The van der Waals surface area contributed by atoms with Gasteiger partial charge in [-0.05, 0) is 23.8 Å². The van der Waals surface area contributed by atoms with E-state index in [1.165, 1.54) is 11.9 Å². The summed E-state index contributed by atoms with van der Waals surface area (Å²) in [4.78, 5) is 55.6. The first-order valence-electron chi connectivity index (χ1n) is 12.0. The van der Waals surface area contributed by atoms with Gasteiger partial charge in [0.2, 0.25) is 17.7 Å². The van der Waals surface area contributed by atoms with Crippen LogP contribution < -0.4 is 11.1 Å². The maximum Gasteiger partial charge on any atom is 0.410 e. The zero-order valence-corrected chi connectivity index (χ0v) is 21.0. The van der Waals surface area contributed by atoms with Crippen LogP contribution in [0.2, 0.25) is 0 Å². The molecule has 0 radical (unpaired) electrons. The smallest absolute Gasteiger partial charge is 0.410 e. The van der Waals surface area contributed by atoms with Gasteiger partial charge in [-0.2, -0.15) is 0 Å². The highest BCUT2D eigenvalue weighted by molar-refractivity contribution is 5.90. The van der Waals surface area contributed by atoms with Gasteiger partial charge in [-0.25, -0.2) is 4.79 Å². The summed E-state index contributed by atoms with van der Waals surface area (Å²) in [5.41, 5.74) is 5.84. The van der Waals surface area contributed by atoms with E-state index in [0.29, 0.717) is 25.9 Å². The zero-order chi connectivity index (χ0) is 25.8. The molecule has 10 nitrogen and oxygen atoms in total. The van der Waals surface area contributed by atoms with Gasteiger partial charge >= 0.3 is 6.09 Å². The molecule has 2 aliphatic heterocycles. The monoisotopic (exact) mass is 487 g/mol. The largest absolute Gasteiger partial charge is 0.445 e. The molecular formula is C25H37N5O5. The Morgan fingerprint density at radius 2 is 1.69 bits per heavy atom. The van der Waals surface area contributed by atoms with E-state index in [2.05, 4.69) is 5.32 Å². The molecule has 4 amide bonds. The van der Waals surface area contributed by atoms with Gasteiger partial charge in [-0.3, -0.25) is 14.4 Å². The van der Waals surface area contributed by atoms with Gasteiger partial charge in [-0.1, -0.05) is 51.1 Å². The van der Waals surface area contributed by atoms with Crippen molar-refractivity contribution in [3.8, 4) is 0 Å². The van der Waals surface area contributed by atoms with Crippen molar-refractivity contribution in [2.24, 2.45) is 11.1 Å². The molecule has 0 bridgehead atoms. The van der Waals surface area contributed by atoms with E-state index in [1.54, 1.807) is 9.80 Å². The molecule has 3 atom stereocenters. The number of carbonyl (C=O) groups excluding carboxylic acids is 4. The molecule has 35 heavy (non-hydrogen) atoms. The minimum absolute atomic E-state index is 0.0307. The zero-order valence-electron chi connectivity index (χ0n) is 21.0. The van der Waals surface area contributed by atoms with Gasteiger partial charge in [-0.15, -0.1) is 0 Å². The number of carbonyl (C=O) groups is 4. The van der Waals surface area contributed by atoms with E-state index in [4.69, 9.17) is 10.5 Å². The average Bonchev–Trinajstić information content (AvgIpc) is 3.42. The molecule has 1 unspecified atom stereocenters. The highest BCUT2D eigenvalue weighted by atomic mass is 16.6. The second kappa shape index (κ2) is 11.1. The van der Waals surface area contributed by atoms with Crippen LogP contribution in [0, 0.1) is 5.41 Å². The lowest BCUT2D eigenvalue weighted by atomic mass is 9.85. The molecule has 3 rings (SSSR count). The first-order valence-corrected chi connectivity index (χ1v) is 12.0. The SMILES string of the molecule is CN(CC(=O)NC(C(=O)N1CC[C@@H]2[C@H]1CCN2C(=O)CN)C(C)(C)C)C(=O)OCc1ccccc1. The molecule has 10 heteroatoms. The number of rotatable bonds is 7. The molecule has 0 saturated carbocycles. The number of nitrogens with one attached hydrogen (secondary N) is 1. The Bertz CT molecular complexity index is 932. The number of fused-ring (bicyclic) bond motifs is 1. The number of likely N-dealkylation sites (tertiary alicyclic amines) is 2. The summed E-state index contributed by atoms with van der Waals surface area (Å²) in [5, 5.41) is 2.84. The molecule has 2 saturated heterocycles. The number of nitrogens with zero attached hydrogens (tertiary/aromatic N) is 3. The lowest BCUT2D eigenvalue weighted by molar-refractivity contribution is -0.140. The first-order chi connectivity index (χ1) is 16.5. The standard InChI is InChI=1S/C25H37N5O5/c1-25(2,3)22(23(33)30-13-11-18-19(30)10-12-29(18)21(32)14-26)27-20(31)15-28(4)24(34)35-16-17-8-6-5-7-9-17/h5-9,18-19,22H,10-16,26H2,1-4H3,(H,27,31)/t18-,19-,22?/m1/s1. The van der Waals surface area contributed by atoms with Gasteiger partial charge in [0.1, 0.15) is 19.2 Å². The Hall–Kier alpha value is -3.14. The number of hydrogen-bond donors (Lipinski definition) is 2. The minimum Gasteiger partial charge on any atom is -0.445 e. The Morgan fingerprint density at radius 1 is 1.09 bits per heavy atom. The van der Waals surface area contributed by atoms with Gasteiger partial charge < -0.3 is 30.5 Å².